The second-order valence-corrected chi connectivity index (χ2v) is 11.3. The maximum Gasteiger partial charge on any atom is 0.246 e. The van der Waals surface area contributed by atoms with Gasteiger partial charge in [0.15, 0.2) is 7.59 Å². The molecule has 11 heteroatoms. The third-order valence-corrected chi connectivity index (χ3v) is 5.38. The Morgan fingerprint density at radius 1 is 1.28 bits per heavy atom. The van der Waals surface area contributed by atoms with Crippen molar-refractivity contribution in [2.75, 3.05) is 7.11 Å². The molecular weight excluding hydrogens is 457 g/mol. The highest BCUT2D eigenvalue weighted by molar-refractivity contribution is 6.67. The molecule has 2 amide bonds. The molecule has 1 aliphatic rings. The molecule has 0 aromatic rings. The molecule has 5 nitrogen and oxygen atoms in total. The van der Waals surface area contributed by atoms with E-state index in [9.17, 15) is 9.59 Å². The number of nitrogens with two attached hydrogens (primary N) is 1. The number of likely N-dealkylation sites (tertiary alicyclic amines) is 1. The lowest BCUT2D eigenvalue weighted by Gasteiger charge is -2.34. The molecule has 2 N–H and O–H groups in total. The zero-order chi connectivity index (χ0) is 19.6. The highest BCUT2D eigenvalue weighted by atomic mass is 35.6. The van der Waals surface area contributed by atoms with Gasteiger partial charge in [-0.05, 0) is 32.6 Å². The summed E-state index contributed by atoms with van der Waals surface area (Å²) in [5.41, 5.74) is 5.01. The van der Waals surface area contributed by atoms with Crippen LogP contribution in [0.15, 0.2) is 0 Å². The van der Waals surface area contributed by atoms with E-state index >= 15 is 0 Å². The first-order valence-electron chi connectivity index (χ1n) is 7.50. The number of alkyl halides is 6. The fourth-order valence-corrected chi connectivity index (χ4v) is 3.45. The first-order valence-corrected chi connectivity index (χ1v) is 9.77. The predicted octanol–water partition coefficient (Wildman–Crippen LogP) is 4.15. The standard InChI is InChI=1S/C14H20Cl6N2O3/c1-12(25-2)7-10(23)22(9(12)4-6-14(18,19)20)11(24)8(21)3-5-13(15,16)17/h8-9H,3-7,21H2,1-2H3/t8-,9-,12?/m0/s1. The number of nitrogens with zero attached hydrogens (tertiary/aromatic N) is 1. The van der Waals surface area contributed by atoms with Gasteiger partial charge >= 0.3 is 0 Å². The van der Waals surface area contributed by atoms with Gasteiger partial charge in [-0.1, -0.05) is 69.6 Å². The Balaban J connectivity index is 2.95. The number of imide groups is 1. The van der Waals surface area contributed by atoms with Gasteiger partial charge in [0.2, 0.25) is 11.8 Å². The number of rotatable bonds is 6. The molecule has 0 bridgehead atoms. The van der Waals surface area contributed by atoms with E-state index in [0.717, 1.165) is 4.90 Å². The van der Waals surface area contributed by atoms with Gasteiger partial charge in [0.1, 0.15) is 0 Å². The number of amides is 2. The summed E-state index contributed by atoms with van der Waals surface area (Å²) in [4.78, 5) is 26.2. The number of hydrogen-bond acceptors (Lipinski definition) is 4. The summed E-state index contributed by atoms with van der Waals surface area (Å²) in [6, 6.07) is -1.60. The lowest BCUT2D eigenvalue weighted by molar-refractivity contribution is -0.146. The topological polar surface area (TPSA) is 72.6 Å². The van der Waals surface area contributed by atoms with Crippen LogP contribution in [0.3, 0.4) is 0 Å². The molecule has 0 aromatic heterocycles. The third-order valence-electron chi connectivity index (χ3n) is 4.25. The lowest BCUT2D eigenvalue weighted by Crippen LogP contribution is -2.52. The molecule has 1 unspecified atom stereocenters. The zero-order valence-corrected chi connectivity index (χ0v) is 18.2. The molecule has 0 spiro atoms. The minimum absolute atomic E-state index is 0.0247. The summed E-state index contributed by atoms with van der Waals surface area (Å²) in [5.74, 6) is -0.956. The Hall–Kier alpha value is 0.800. The maximum atomic E-state index is 12.7. The van der Waals surface area contributed by atoms with Crippen molar-refractivity contribution in [2.24, 2.45) is 5.73 Å². The monoisotopic (exact) mass is 474 g/mol. The summed E-state index contributed by atoms with van der Waals surface area (Å²) >= 11 is 34.5. The third kappa shape index (κ3) is 7.04. The van der Waals surface area contributed by atoms with E-state index in [4.69, 9.17) is 80.1 Å². The van der Waals surface area contributed by atoms with Gasteiger partial charge < -0.3 is 10.5 Å². The van der Waals surface area contributed by atoms with Crippen LogP contribution in [0.1, 0.15) is 39.0 Å². The van der Waals surface area contributed by atoms with Crippen molar-refractivity contribution in [2.45, 2.75) is 64.3 Å². The second kappa shape index (κ2) is 8.87. The van der Waals surface area contributed by atoms with Gasteiger partial charge in [-0.25, -0.2) is 0 Å². The molecule has 1 saturated heterocycles. The molecule has 0 saturated carbocycles. The number of methoxy groups -OCH3 is 1. The Labute approximate surface area is 177 Å². The smallest absolute Gasteiger partial charge is 0.246 e. The van der Waals surface area contributed by atoms with Crippen molar-refractivity contribution in [1.82, 2.24) is 4.90 Å². The van der Waals surface area contributed by atoms with Gasteiger partial charge in [-0.3, -0.25) is 14.5 Å². The van der Waals surface area contributed by atoms with E-state index in [1.165, 1.54) is 7.11 Å². The molecule has 1 fully saturated rings. The van der Waals surface area contributed by atoms with E-state index < -0.39 is 37.1 Å². The predicted molar refractivity (Wildman–Crippen MR) is 103 cm³/mol. The highest BCUT2D eigenvalue weighted by Gasteiger charge is 2.52. The fraction of sp³-hybridized carbons (Fsp3) is 0.857. The summed E-state index contributed by atoms with van der Waals surface area (Å²) in [5, 5.41) is 0. The van der Waals surface area contributed by atoms with Crippen LogP contribution in [0, 0.1) is 0 Å². The van der Waals surface area contributed by atoms with E-state index in [1.807, 2.05) is 0 Å². The zero-order valence-electron chi connectivity index (χ0n) is 13.7. The molecule has 25 heavy (non-hydrogen) atoms. The average Bonchev–Trinajstić information content (AvgIpc) is 2.71. The van der Waals surface area contributed by atoms with Gasteiger partial charge in [0.05, 0.1) is 24.1 Å². The van der Waals surface area contributed by atoms with Crippen molar-refractivity contribution in [3.63, 3.8) is 0 Å². The van der Waals surface area contributed by atoms with Crippen LogP contribution in [0.2, 0.25) is 0 Å². The van der Waals surface area contributed by atoms with E-state index in [1.54, 1.807) is 6.92 Å². The Morgan fingerprint density at radius 2 is 1.80 bits per heavy atom. The quantitative estimate of drug-likeness (QED) is 0.584. The van der Waals surface area contributed by atoms with Gasteiger partial charge in [0.25, 0.3) is 0 Å². The largest absolute Gasteiger partial charge is 0.376 e. The fourth-order valence-electron chi connectivity index (χ4n) is 2.79. The normalized spacial score (nSPS) is 26.2. The number of hydrogen-bond donors (Lipinski definition) is 1. The van der Waals surface area contributed by atoms with Crippen LogP contribution in [0.5, 0.6) is 0 Å². The summed E-state index contributed by atoms with van der Waals surface area (Å²) in [6.45, 7) is 1.73. The van der Waals surface area contributed by atoms with Gasteiger partial charge in [0, 0.05) is 7.11 Å². The molecule has 0 radical (unpaired) electrons. The Bertz CT molecular complexity index is 508. The molecule has 1 aliphatic heterocycles. The van der Waals surface area contributed by atoms with Gasteiger partial charge in [-0.15, -0.1) is 0 Å². The van der Waals surface area contributed by atoms with Crippen LogP contribution < -0.4 is 5.73 Å². The van der Waals surface area contributed by atoms with Crippen LogP contribution in [0.25, 0.3) is 0 Å². The van der Waals surface area contributed by atoms with E-state index in [0.29, 0.717) is 0 Å². The van der Waals surface area contributed by atoms with Crippen molar-refractivity contribution in [1.29, 1.82) is 0 Å². The highest BCUT2D eigenvalue weighted by Crippen LogP contribution is 2.40. The molecule has 1 rings (SSSR count). The molecular formula is C14H20Cl6N2O3. The summed E-state index contributed by atoms with van der Waals surface area (Å²) in [7, 11) is 1.46. The first kappa shape index (κ1) is 23.8. The van der Waals surface area contributed by atoms with E-state index in [-0.39, 0.29) is 32.1 Å². The SMILES string of the molecule is COC1(C)CC(=O)N(C(=O)[C@@H](N)CCC(Cl)(Cl)Cl)[C@H]1CCC(Cl)(Cl)Cl. The number of halogens is 6. The minimum atomic E-state index is -1.52. The molecule has 146 valence electrons. The first-order chi connectivity index (χ1) is 11.2. The van der Waals surface area contributed by atoms with Crippen molar-refractivity contribution in [3.05, 3.63) is 0 Å². The van der Waals surface area contributed by atoms with Crippen molar-refractivity contribution >= 4 is 81.4 Å². The second-order valence-electron chi connectivity index (χ2n) is 6.23. The van der Waals surface area contributed by atoms with E-state index in [2.05, 4.69) is 0 Å². The van der Waals surface area contributed by atoms with Crippen LogP contribution in [0.4, 0.5) is 0 Å². The van der Waals surface area contributed by atoms with Crippen LogP contribution in [-0.4, -0.2) is 49.1 Å². The number of carbonyl (C=O) groups is 2. The summed E-state index contributed by atoms with van der Waals surface area (Å²) in [6.07, 6.45) is 0.612. The van der Waals surface area contributed by atoms with Gasteiger partial charge in [-0.2, -0.15) is 0 Å². The average molecular weight is 477 g/mol. The minimum Gasteiger partial charge on any atom is -0.376 e. The Morgan fingerprint density at radius 3 is 2.24 bits per heavy atom. The molecule has 0 aliphatic carbocycles. The maximum absolute atomic E-state index is 12.7. The van der Waals surface area contributed by atoms with Crippen molar-refractivity contribution < 1.29 is 14.3 Å². The Kier molecular flexibility index (Phi) is 8.46. The molecule has 3 atom stereocenters. The van der Waals surface area contributed by atoms with Crippen molar-refractivity contribution in [3.8, 4) is 0 Å². The lowest BCUT2D eigenvalue weighted by atomic mass is 9.92. The number of carbonyl (C=O) groups excluding carboxylic acids is 2. The van der Waals surface area contributed by atoms with Crippen LogP contribution in [-0.2, 0) is 14.3 Å². The summed E-state index contributed by atoms with van der Waals surface area (Å²) < 4.78 is 2.44. The number of ether oxygens (including phenoxy) is 1. The van der Waals surface area contributed by atoms with Crippen LogP contribution >= 0.6 is 69.6 Å². The molecule has 0 aromatic carbocycles. The molecule has 1 heterocycles.